The molecule has 0 N–H and O–H groups in total. The van der Waals surface area contributed by atoms with Crippen molar-refractivity contribution in [3.05, 3.63) is 101 Å². The van der Waals surface area contributed by atoms with Gasteiger partial charge in [-0.05, 0) is 40.7 Å². The SMILES string of the molecule is CCCCCC1=CC=CC1=C(c1ccccc1)c1ccccc1. The first-order valence-corrected chi connectivity index (χ1v) is 8.63. The molecule has 0 nitrogen and oxygen atoms in total. The average Bonchev–Trinajstić information content (AvgIpc) is 3.06. The Morgan fingerprint density at radius 1 is 0.783 bits per heavy atom. The maximum atomic E-state index is 2.29. The van der Waals surface area contributed by atoms with Crippen LogP contribution in [0, 0.1) is 0 Å². The van der Waals surface area contributed by atoms with Gasteiger partial charge in [0.05, 0.1) is 0 Å². The second-order valence-corrected chi connectivity index (χ2v) is 6.03. The van der Waals surface area contributed by atoms with Crippen molar-refractivity contribution in [3.8, 4) is 0 Å². The number of allylic oxidation sites excluding steroid dienone is 5. The van der Waals surface area contributed by atoms with Crippen molar-refractivity contribution in [2.24, 2.45) is 0 Å². The van der Waals surface area contributed by atoms with Crippen LogP contribution < -0.4 is 0 Å². The summed E-state index contributed by atoms with van der Waals surface area (Å²) in [6, 6.07) is 21.5. The maximum absolute atomic E-state index is 2.29. The van der Waals surface area contributed by atoms with Crippen LogP contribution in [0.4, 0.5) is 0 Å². The molecular formula is C23H24. The van der Waals surface area contributed by atoms with E-state index in [0.717, 1.165) is 0 Å². The summed E-state index contributed by atoms with van der Waals surface area (Å²) in [5.74, 6) is 0. The van der Waals surface area contributed by atoms with Gasteiger partial charge in [0.1, 0.15) is 0 Å². The highest BCUT2D eigenvalue weighted by Crippen LogP contribution is 2.35. The summed E-state index contributed by atoms with van der Waals surface area (Å²) >= 11 is 0. The minimum absolute atomic E-state index is 1.17. The van der Waals surface area contributed by atoms with Crippen LogP contribution in [0.25, 0.3) is 5.57 Å². The molecule has 0 saturated heterocycles. The van der Waals surface area contributed by atoms with E-state index in [9.17, 15) is 0 Å². The van der Waals surface area contributed by atoms with E-state index in [1.807, 2.05) is 0 Å². The molecule has 1 aliphatic rings. The van der Waals surface area contributed by atoms with Gasteiger partial charge in [-0.2, -0.15) is 0 Å². The number of hydrogen-bond donors (Lipinski definition) is 0. The second kappa shape index (κ2) is 7.78. The zero-order valence-corrected chi connectivity index (χ0v) is 13.8. The Bertz CT molecular complexity index is 674. The van der Waals surface area contributed by atoms with Gasteiger partial charge < -0.3 is 0 Å². The van der Waals surface area contributed by atoms with Crippen LogP contribution in [-0.4, -0.2) is 0 Å². The molecule has 1 aliphatic carbocycles. The molecule has 0 aliphatic heterocycles. The fourth-order valence-corrected chi connectivity index (χ4v) is 3.17. The summed E-state index contributed by atoms with van der Waals surface area (Å²) in [4.78, 5) is 0. The van der Waals surface area contributed by atoms with Crippen molar-refractivity contribution in [1.82, 2.24) is 0 Å². The lowest BCUT2D eigenvalue weighted by Crippen LogP contribution is -1.95. The van der Waals surface area contributed by atoms with E-state index in [-0.39, 0.29) is 0 Å². The van der Waals surface area contributed by atoms with Gasteiger partial charge >= 0.3 is 0 Å². The molecular weight excluding hydrogens is 276 g/mol. The second-order valence-electron chi connectivity index (χ2n) is 6.03. The Morgan fingerprint density at radius 3 is 1.96 bits per heavy atom. The Labute approximate surface area is 139 Å². The van der Waals surface area contributed by atoms with Crippen molar-refractivity contribution in [1.29, 1.82) is 0 Å². The lowest BCUT2D eigenvalue weighted by atomic mass is 9.89. The molecule has 0 fully saturated rings. The topological polar surface area (TPSA) is 0 Å². The number of hydrogen-bond acceptors (Lipinski definition) is 0. The molecule has 0 atom stereocenters. The summed E-state index contributed by atoms with van der Waals surface area (Å²) in [5.41, 5.74) is 6.80. The zero-order valence-electron chi connectivity index (χ0n) is 13.8. The van der Waals surface area contributed by atoms with E-state index in [1.165, 1.54) is 53.5 Å². The monoisotopic (exact) mass is 300 g/mol. The molecule has 2 aromatic rings. The summed E-state index contributed by atoms with van der Waals surface area (Å²) in [7, 11) is 0. The molecule has 0 bridgehead atoms. The smallest absolute Gasteiger partial charge is 0.00361 e. The third-order valence-electron chi connectivity index (χ3n) is 4.35. The van der Waals surface area contributed by atoms with Crippen molar-refractivity contribution in [3.63, 3.8) is 0 Å². The molecule has 23 heavy (non-hydrogen) atoms. The summed E-state index contributed by atoms with van der Waals surface area (Å²) in [6.45, 7) is 2.26. The molecule has 0 radical (unpaired) electrons. The zero-order chi connectivity index (χ0) is 15.9. The van der Waals surface area contributed by atoms with Crippen LogP contribution in [0.3, 0.4) is 0 Å². The average molecular weight is 300 g/mol. The molecule has 2 aromatic carbocycles. The Kier molecular flexibility index (Phi) is 5.26. The predicted octanol–water partition coefficient (Wildman–Crippen LogP) is 6.57. The number of unbranched alkanes of at least 4 members (excludes halogenated alkanes) is 2. The van der Waals surface area contributed by atoms with Gasteiger partial charge in [0.15, 0.2) is 0 Å². The van der Waals surface area contributed by atoms with Crippen molar-refractivity contribution in [2.75, 3.05) is 0 Å². The van der Waals surface area contributed by atoms with E-state index in [1.54, 1.807) is 0 Å². The predicted molar refractivity (Wildman–Crippen MR) is 100 cm³/mol. The van der Waals surface area contributed by atoms with Crippen LogP contribution in [-0.2, 0) is 0 Å². The number of benzene rings is 2. The highest BCUT2D eigenvalue weighted by Gasteiger charge is 2.15. The molecule has 116 valence electrons. The largest absolute Gasteiger partial charge is 0.0654 e. The third kappa shape index (κ3) is 3.71. The lowest BCUT2D eigenvalue weighted by Gasteiger charge is -2.15. The summed E-state index contributed by atoms with van der Waals surface area (Å²) < 4.78 is 0. The first kappa shape index (κ1) is 15.6. The maximum Gasteiger partial charge on any atom is -0.00361 e. The van der Waals surface area contributed by atoms with Gasteiger partial charge in [-0.3, -0.25) is 0 Å². The molecule has 0 heteroatoms. The van der Waals surface area contributed by atoms with E-state index in [0.29, 0.717) is 0 Å². The van der Waals surface area contributed by atoms with Gasteiger partial charge in [-0.1, -0.05) is 98.7 Å². The van der Waals surface area contributed by atoms with Crippen molar-refractivity contribution >= 4 is 5.57 Å². The first-order valence-electron chi connectivity index (χ1n) is 8.63. The van der Waals surface area contributed by atoms with Crippen LogP contribution in [0.2, 0.25) is 0 Å². The molecule has 0 saturated carbocycles. The van der Waals surface area contributed by atoms with Gasteiger partial charge in [0, 0.05) is 0 Å². The van der Waals surface area contributed by atoms with Gasteiger partial charge in [0.25, 0.3) is 0 Å². The fourth-order valence-electron chi connectivity index (χ4n) is 3.17. The first-order chi connectivity index (χ1) is 11.4. The van der Waals surface area contributed by atoms with Crippen LogP contribution in [0.15, 0.2) is 90.0 Å². The van der Waals surface area contributed by atoms with Crippen molar-refractivity contribution in [2.45, 2.75) is 32.6 Å². The minimum atomic E-state index is 1.17. The third-order valence-corrected chi connectivity index (χ3v) is 4.35. The lowest BCUT2D eigenvalue weighted by molar-refractivity contribution is 0.718. The molecule has 3 rings (SSSR count). The standard InChI is InChI=1S/C23H24/c1-2-3-6-12-19-17-11-18-22(19)23(20-13-7-4-8-14-20)21-15-9-5-10-16-21/h4-5,7-11,13-18H,2-3,6,12H2,1H3. The molecule has 0 unspecified atom stereocenters. The van der Waals surface area contributed by atoms with Crippen molar-refractivity contribution < 1.29 is 0 Å². The van der Waals surface area contributed by atoms with E-state index in [4.69, 9.17) is 0 Å². The summed E-state index contributed by atoms with van der Waals surface area (Å²) in [6.07, 6.45) is 11.8. The molecule has 0 amide bonds. The quantitative estimate of drug-likeness (QED) is 0.529. The van der Waals surface area contributed by atoms with Gasteiger partial charge in [-0.15, -0.1) is 0 Å². The van der Waals surface area contributed by atoms with Gasteiger partial charge in [-0.25, -0.2) is 0 Å². The number of rotatable bonds is 6. The van der Waals surface area contributed by atoms with E-state index < -0.39 is 0 Å². The molecule has 0 heterocycles. The molecule has 0 spiro atoms. The minimum Gasteiger partial charge on any atom is -0.0654 e. The Hall–Kier alpha value is -2.34. The van der Waals surface area contributed by atoms with E-state index in [2.05, 4.69) is 85.8 Å². The molecule has 0 aromatic heterocycles. The Balaban J connectivity index is 2.04. The van der Waals surface area contributed by atoms with Crippen LogP contribution in [0.5, 0.6) is 0 Å². The van der Waals surface area contributed by atoms with Crippen LogP contribution >= 0.6 is 0 Å². The van der Waals surface area contributed by atoms with Gasteiger partial charge in [0.2, 0.25) is 0 Å². The highest BCUT2D eigenvalue weighted by atomic mass is 14.2. The normalized spacial score (nSPS) is 13.3. The van der Waals surface area contributed by atoms with E-state index >= 15 is 0 Å². The fraction of sp³-hybridized carbons (Fsp3) is 0.217. The Morgan fingerprint density at radius 2 is 1.39 bits per heavy atom. The highest BCUT2D eigenvalue weighted by molar-refractivity contribution is 5.87. The summed E-state index contributed by atoms with van der Waals surface area (Å²) in [5, 5.41) is 0. The van der Waals surface area contributed by atoms with Crippen LogP contribution in [0.1, 0.15) is 43.7 Å².